The van der Waals surface area contributed by atoms with Crippen molar-refractivity contribution < 1.29 is 21.1 Å². The summed E-state index contributed by atoms with van der Waals surface area (Å²) in [6.07, 6.45) is 18.0. The summed E-state index contributed by atoms with van der Waals surface area (Å²) >= 11 is 0. The zero-order valence-corrected chi connectivity index (χ0v) is 28.7. The molecule has 2 aromatic rings. The molecule has 0 aliphatic carbocycles. The monoisotopic (exact) mass is 733 g/mol. The number of aromatic amines is 2. The van der Waals surface area contributed by atoms with E-state index in [0.29, 0.717) is 0 Å². The van der Waals surface area contributed by atoms with Crippen molar-refractivity contribution in [2.24, 2.45) is 0 Å². The molecule has 5 heteroatoms. The van der Waals surface area contributed by atoms with Gasteiger partial charge in [0.2, 0.25) is 0 Å². The first-order valence-electron chi connectivity index (χ1n) is 16.0. The van der Waals surface area contributed by atoms with Gasteiger partial charge in [0.05, 0.1) is 12.1 Å². The maximum absolute atomic E-state index is 3.96. The largest absolute Gasteiger partial charge is 0.375 e. The first kappa shape index (κ1) is 31.5. The molecule has 3 aliphatic rings. The summed E-state index contributed by atoms with van der Waals surface area (Å²) in [5, 5.41) is 10.5. The summed E-state index contributed by atoms with van der Waals surface area (Å²) in [5.74, 6) is 0. The Morgan fingerprint density at radius 1 is 0.488 bits per heavy atom. The van der Waals surface area contributed by atoms with Crippen LogP contribution in [0.5, 0.6) is 0 Å². The number of aromatic nitrogens is 2. The van der Waals surface area contributed by atoms with Gasteiger partial charge in [-0.25, -0.2) is 0 Å². The van der Waals surface area contributed by atoms with Crippen molar-refractivity contribution >= 4 is 24.3 Å². The zero-order chi connectivity index (χ0) is 28.6. The van der Waals surface area contributed by atoms with Crippen LogP contribution < -0.4 is 21.3 Å². The molecule has 2 unspecified atom stereocenters. The predicted molar refractivity (Wildman–Crippen MR) is 172 cm³/mol. The molecule has 0 fully saturated rings. The van der Waals surface area contributed by atoms with E-state index in [1.807, 2.05) is 0 Å². The number of allylic oxidation sites excluding steroid dienone is 2. The summed E-state index contributed by atoms with van der Waals surface area (Å²) in [6.45, 7) is 18.4. The van der Waals surface area contributed by atoms with E-state index in [1.54, 1.807) is 0 Å². The maximum atomic E-state index is 3.96. The van der Waals surface area contributed by atoms with Crippen molar-refractivity contribution in [2.75, 3.05) is 0 Å². The number of H-pyrrole nitrogens is 2. The molecule has 5 heterocycles. The molecule has 3 aliphatic heterocycles. The average molecular weight is 734 g/mol. The quantitative estimate of drug-likeness (QED) is 0.244. The van der Waals surface area contributed by atoms with Crippen LogP contribution in [0.4, 0.5) is 0 Å². The molecular formula is C36H50N4Pt. The number of fused-ring (bicyclic) bond motifs is 8. The van der Waals surface area contributed by atoms with Crippen LogP contribution in [0.1, 0.15) is 115 Å². The molecule has 224 valence electrons. The predicted octanol–water partition coefficient (Wildman–Crippen LogP) is 6.72. The van der Waals surface area contributed by atoms with Crippen LogP contribution >= 0.6 is 0 Å². The number of hydrogen-bond acceptors (Lipinski definition) is 2. The van der Waals surface area contributed by atoms with E-state index in [0.717, 1.165) is 51.4 Å². The van der Waals surface area contributed by atoms with E-state index in [-0.39, 0.29) is 33.1 Å². The molecule has 0 aromatic carbocycles. The maximum Gasteiger partial charge on any atom is 0.0687 e. The Kier molecular flexibility index (Phi) is 10.2. The second-order valence-electron chi connectivity index (χ2n) is 11.3. The fraction of sp³-hybridized carbons (Fsp3) is 0.500. The van der Waals surface area contributed by atoms with Crippen molar-refractivity contribution in [1.82, 2.24) is 20.6 Å². The Bertz CT molecular complexity index is 1430. The normalized spacial score (nSPS) is 23.9. The molecule has 2 atom stereocenters. The molecule has 4 nitrogen and oxygen atoms in total. The Labute approximate surface area is 261 Å². The number of rotatable bonds is 8. The third-order valence-electron chi connectivity index (χ3n) is 9.49. The van der Waals surface area contributed by atoms with Crippen LogP contribution in [0.25, 0.3) is 24.3 Å². The number of hydrogen-bond donors (Lipinski definition) is 4. The summed E-state index contributed by atoms with van der Waals surface area (Å²) in [7, 11) is 0. The van der Waals surface area contributed by atoms with Gasteiger partial charge in [-0.15, -0.1) is 0 Å². The molecule has 8 bridgehead atoms. The molecule has 4 N–H and O–H groups in total. The second-order valence-corrected chi connectivity index (χ2v) is 11.3. The third-order valence-corrected chi connectivity index (χ3v) is 9.49. The molecule has 41 heavy (non-hydrogen) atoms. The van der Waals surface area contributed by atoms with Crippen molar-refractivity contribution in [2.45, 2.75) is 119 Å². The van der Waals surface area contributed by atoms with Gasteiger partial charge in [-0.05, 0) is 120 Å². The van der Waals surface area contributed by atoms with Gasteiger partial charge in [-0.1, -0.05) is 55.4 Å². The van der Waals surface area contributed by atoms with Gasteiger partial charge in [-0.3, -0.25) is 0 Å². The van der Waals surface area contributed by atoms with Gasteiger partial charge in [0.25, 0.3) is 0 Å². The van der Waals surface area contributed by atoms with Gasteiger partial charge >= 0.3 is 0 Å². The Morgan fingerprint density at radius 2 is 0.878 bits per heavy atom. The minimum absolute atomic E-state index is 0. The smallest absolute Gasteiger partial charge is 0.0687 e. The molecule has 0 spiro atoms. The molecule has 0 radical (unpaired) electrons. The summed E-state index contributed by atoms with van der Waals surface area (Å²) in [6, 6.07) is 0.416. The van der Waals surface area contributed by atoms with Crippen LogP contribution in [0.3, 0.4) is 0 Å². The van der Waals surface area contributed by atoms with Crippen LogP contribution in [0, 0.1) is 0 Å². The molecular weight excluding hydrogens is 684 g/mol. The minimum atomic E-state index is 0. The van der Waals surface area contributed by atoms with E-state index >= 15 is 0 Å². The Hall–Kier alpha value is -2.45. The molecule has 2 aromatic heterocycles. The second kappa shape index (κ2) is 13.2. The van der Waals surface area contributed by atoms with Crippen LogP contribution in [-0.2, 0) is 46.7 Å². The van der Waals surface area contributed by atoms with Crippen molar-refractivity contribution in [3.05, 3.63) is 78.0 Å². The van der Waals surface area contributed by atoms with Gasteiger partial charge in [0, 0.05) is 54.5 Å². The van der Waals surface area contributed by atoms with Crippen LogP contribution in [0.2, 0.25) is 0 Å². The van der Waals surface area contributed by atoms with Crippen molar-refractivity contribution in [3.8, 4) is 0 Å². The van der Waals surface area contributed by atoms with Crippen molar-refractivity contribution in [1.29, 1.82) is 0 Å². The fourth-order valence-electron chi connectivity index (χ4n) is 7.66. The first-order valence-corrected chi connectivity index (χ1v) is 16.0. The van der Waals surface area contributed by atoms with E-state index in [9.17, 15) is 0 Å². The van der Waals surface area contributed by atoms with E-state index < -0.39 is 0 Å². The van der Waals surface area contributed by atoms with Gasteiger partial charge in [0.1, 0.15) is 0 Å². The average Bonchev–Trinajstić information content (AvgIpc) is 3.67. The summed E-state index contributed by atoms with van der Waals surface area (Å²) in [4.78, 5) is 7.80. The van der Waals surface area contributed by atoms with E-state index in [2.05, 4.69) is 100 Å². The molecule has 0 saturated heterocycles. The van der Waals surface area contributed by atoms with Gasteiger partial charge in [0.15, 0.2) is 0 Å². The van der Waals surface area contributed by atoms with E-state index in [1.165, 1.54) is 78.0 Å². The van der Waals surface area contributed by atoms with Gasteiger partial charge < -0.3 is 20.6 Å². The first-order chi connectivity index (χ1) is 19.5. The minimum Gasteiger partial charge on any atom is -0.375 e. The summed E-state index contributed by atoms with van der Waals surface area (Å²) in [5.41, 5.74) is 16.9. The van der Waals surface area contributed by atoms with Gasteiger partial charge in [-0.2, -0.15) is 0 Å². The molecule has 0 saturated carbocycles. The SMILES string of the molecule is CCC1=C(CC)C2/C=c3\[nH]/c(c(CC)c3CC)=C\C3N/C(=C\c4[nH]c(c(CC)c4CC)/C=C/1N2)C(CC)=C3CC.[Pt]. The Balaban J connectivity index is 0.00000387. The molecule has 0 amide bonds. The Morgan fingerprint density at radius 3 is 1.20 bits per heavy atom. The topological polar surface area (TPSA) is 55.6 Å². The van der Waals surface area contributed by atoms with Crippen LogP contribution in [0.15, 0.2) is 33.7 Å². The fourth-order valence-corrected chi connectivity index (χ4v) is 7.66. The summed E-state index contributed by atoms with van der Waals surface area (Å²) < 4.78 is 0. The van der Waals surface area contributed by atoms with E-state index in [4.69, 9.17) is 0 Å². The number of nitrogens with one attached hydrogen (secondary N) is 4. The van der Waals surface area contributed by atoms with Crippen LogP contribution in [-0.4, -0.2) is 22.1 Å². The van der Waals surface area contributed by atoms with Crippen molar-refractivity contribution in [3.63, 3.8) is 0 Å². The third kappa shape index (κ3) is 5.42. The molecule has 5 rings (SSSR count). The zero-order valence-electron chi connectivity index (χ0n) is 26.4. The standard InChI is InChI=1S/C36H50N4.Pt/c1-9-21-22(10-2)30-18-32-25(13-5)26(14-6)34(39-32)20-36-28(16-8)27(15-7)35(40-36)19-33-24(12-4)23(11-3)31(38-33)17-29(21)37-30;/h17-20,29,35,37-40H,9-16H2,1-8H3;/b30-18-,31-17-,33-19-,36-20-;.